The lowest BCUT2D eigenvalue weighted by molar-refractivity contribution is -0.128. The molecule has 0 bridgehead atoms. The van der Waals surface area contributed by atoms with Crippen molar-refractivity contribution in [1.29, 1.82) is 0 Å². The van der Waals surface area contributed by atoms with Gasteiger partial charge in [0.1, 0.15) is 0 Å². The molecule has 0 aromatic heterocycles. The summed E-state index contributed by atoms with van der Waals surface area (Å²) >= 11 is 0. The molecule has 1 spiro atoms. The van der Waals surface area contributed by atoms with E-state index in [1.54, 1.807) is 0 Å². The lowest BCUT2D eigenvalue weighted by Gasteiger charge is -2.24. The topological polar surface area (TPSA) is 49.4 Å². The maximum atomic E-state index is 12.7. The molecule has 2 aliphatic rings. The number of rotatable bonds is 1. The molecule has 2 amide bonds. The fourth-order valence-electron chi connectivity index (χ4n) is 3.59. The Bertz CT molecular complexity index is 611. The van der Waals surface area contributed by atoms with E-state index in [0.29, 0.717) is 13.1 Å². The molecule has 2 heterocycles. The lowest BCUT2D eigenvalue weighted by Crippen LogP contribution is -2.38. The van der Waals surface area contributed by atoms with Gasteiger partial charge in [0.2, 0.25) is 5.91 Å². The van der Waals surface area contributed by atoms with Gasteiger partial charge in [-0.2, -0.15) is 0 Å². The fraction of sp³-hybridized carbons (Fsp3) is 0.529. The third-order valence-corrected chi connectivity index (χ3v) is 5.26. The highest BCUT2D eigenvalue weighted by atomic mass is 16.2. The first-order valence-electron chi connectivity index (χ1n) is 7.59. The molecule has 0 radical (unpaired) electrons. The molecule has 0 aliphatic carbocycles. The number of aryl methyl sites for hydroxylation is 2. The van der Waals surface area contributed by atoms with Crippen LogP contribution in [0.1, 0.15) is 34.8 Å². The van der Waals surface area contributed by atoms with Gasteiger partial charge < -0.3 is 10.2 Å². The van der Waals surface area contributed by atoms with Crippen molar-refractivity contribution in [1.82, 2.24) is 10.2 Å². The van der Waals surface area contributed by atoms with E-state index >= 15 is 0 Å². The van der Waals surface area contributed by atoms with Crippen molar-refractivity contribution in [3.8, 4) is 0 Å². The van der Waals surface area contributed by atoms with E-state index in [2.05, 4.69) is 12.2 Å². The molecular weight excluding hydrogens is 264 g/mol. The molecule has 3 rings (SSSR count). The van der Waals surface area contributed by atoms with Crippen LogP contribution in [0.3, 0.4) is 0 Å². The summed E-state index contributed by atoms with van der Waals surface area (Å²) in [5.41, 5.74) is 2.67. The minimum absolute atomic E-state index is 0.0431. The molecule has 112 valence electrons. The summed E-state index contributed by atoms with van der Waals surface area (Å²) in [4.78, 5) is 26.7. The lowest BCUT2D eigenvalue weighted by atomic mass is 9.78. The van der Waals surface area contributed by atoms with Gasteiger partial charge in [-0.3, -0.25) is 9.59 Å². The quantitative estimate of drug-likeness (QED) is 0.857. The highest BCUT2D eigenvalue weighted by molar-refractivity contribution is 5.96. The van der Waals surface area contributed by atoms with E-state index in [1.165, 1.54) is 5.56 Å². The van der Waals surface area contributed by atoms with Crippen LogP contribution in [0.5, 0.6) is 0 Å². The molecule has 4 nitrogen and oxygen atoms in total. The van der Waals surface area contributed by atoms with Crippen molar-refractivity contribution in [2.24, 2.45) is 11.3 Å². The average Bonchev–Trinajstić information content (AvgIpc) is 2.98. The summed E-state index contributed by atoms with van der Waals surface area (Å²) < 4.78 is 0. The summed E-state index contributed by atoms with van der Waals surface area (Å²) in [6.45, 7) is 8.09. The molecule has 2 fully saturated rings. The van der Waals surface area contributed by atoms with Crippen LogP contribution in [0.25, 0.3) is 0 Å². The van der Waals surface area contributed by atoms with Crippen LogP contribution in [0, 0.1) is 25.2 Å². The number of hydrogen-bond donors (Lipinski definition) is 1. The van der Waals surface area contributed by atoms with Gasteiger partial charge in [0.05, 0.1) is 5.41 Å². The predicted octanol–water partition coefficient (Wildman–Crippen LogP) is 1.90. The van der Waals surface area contributed by atoms with Gasteiger partial charge >= 0.3 is 0 Å². The molecule has 2 atom stereocenters. The third kappa shape index (κ3) is 2.13. The third-order valence-electron chi connectivity index (χ3n) is 5.26. The molecule has 2 saturated heterocycles. The van der Waals surface area contributed by atoms with E-state index in [0.717, 1.165) is 24.1 Å². The number of amides is 2. The SMILES string of the molecule is Cc1ccc(C(=O)N2C[C@@H](C)[C@@]3(CCNC3=O)C2)cc1C. The van der Waals surface area contributed by atoms with Crippen LogP contribution in [0.2, 0.25) is 0 Å². The van der Waals surface area contributed by atoms with Crippen molar-refractivity contribution in [3.63, 3.8) is 0 Å². The monoisotopic (exact) mass is 286 g/mol. The van der Waals surface area contributed by atoms with Crippen molar-refractivity contribution in [2.75, 3.05) is 19.6 Å². The number of nitrogens with zero attached hydrogens (tertiary/aromatic N) is 1. The Hall–Kier alpha value is -1.84. The summed E-state index contributed by atoms with van der Waals surface area (Å²) in [6.07, 6.45) is 0.837. The van der Waals surface area contributed by atoms with E-state index in [4.69, 9.17) is 0 Å². The van der Waals surface area contributed by atoms with Gasteiger partial charge in [-0.25, -0.2) is 0 Å². The minimum atomic E-state index is -0.366. The second-order valence-electron chi connectivity index (χ2n) is 6.55. The first-order valence-corrected chi connectivity index (χ1v) is 7.59. The highest BCUT2D eigenvalue weighted by Crippen LogP contribution is 2.42. The number of carbonyl (C=O) groups is 2. The van der Waals surface area contributed by atoms with Gasteiger partial charge in [0.15, 0.2) is 0 Å². The molecule has 1 aromatic carbocycles. The van der Waals surface area contributed by atoms with E-state index in [-0.39, 0.29) is 23.1 Å². The van der Waals surface area contributed by atoms with Crippen LogP contribution < -0.4 is 5.32 Å². The number of hydrogen-bond acceptors (Lipinski definition) is 2. The van der Waals surface area contributed by atoms with E-state index in [9.17, 15) is 9.59 Å². The summed E-state index contributed by atoms with van der Waals surface area (Å²) in [7, 11) is 0. The molecule has 0 saturated carbocycles. The number of carbonyl (C=O) groups excluding carboxylic acids is 2. The van der Waals surface area contributed by atoms with Crippen LogP contribution >= 0.6 is 0 Å². The maximum Gasteiger partial charge on any atom is 0.253 e. The second-order valence-corrected chi connectivity index (χ2v) is 6.55. The van der Waals surface area contributed by atoms with Crippen molar-refractivity contribution in [3.05, 3.63) is 34.9 Å². The highest BCUT2D eigenvalue weighted by Gasteiger charge is 2.53. The molecule has 0 unspecified atom stereocenters. The Morgan fingerprint density at radius 2 is 2.10 bits per heavy atom. The molecule has 4 heteroatoms. The zero-order valence-corrected chi connectivity index (χ0v) is 12.9. The normalized spacial score (nSPS) is 28.2. The summed E-state index contributed by atoms with van der Waals surface area (Å²) in [5, 5.41) is 2.92. The molecule has 1 N–H and O–H groups in total. The summed E-state index contributed by atoms with van der Waals surface area (Å²) in [5.74, 6) is 0.377. The molecule has 21 heavy (non-hydrogen) atoms. The molecule has 1 aromatic rings. The molecule has 2 aliphatic heterocycles. The zero-order valence-electron chi connectivity index (χ0n) is 12.9. The smallest absolute Gasteiger partial charge is 0.253 e. The van der Waals surface area contributed by atoms with Crippen LogP contribution in [-0.4, -0.2) is 36.3 Å². The van der Waals surface area contributed by atoms with Crippen molar-refractivity contribution >= 4 is 11.8 Å². The van der Waals surface area contributed by atoms with Gasteiger partial charge in [-0.15, -0.1) is 0 Å². The Labute approximate surface area is 125 Å². The van der Waals surface area contributed by atoms with Crippen LogP contribution in [0.15, 0.2) is 18.2 Å². The van der Waals surface area contributed by atoms with Gasteiger partial charge in [-0.05, 0) is 49.4 Å². The standard InChI is InChI=1S/C17H22N2O2/c1-11-4-5-14(8-12(11)2)15(20)19-9-13(3)17(10-19)6-7-18-16(17)21/h4-5,8,13H,6-7,9-10H2,1-3H3,(H,18,21)/t13-,17-/m1/s1. The second kappa shape index (κ2) is 4.86. The van der Waals surface area contributed by atoms with Gasteiger partial charge in [0, 0.05) is 25.2 Å². The number of nitrogens with one attached hydrogen (secondary N) is 1. The van der Waals surface area contributed by atoms with Crippen LogP contribution in [0.4, 0.5) is 0 Å². The zero-order chi connectivity index (χ0) is 15.2. The predicted molar refractivity (Wildman–Crippen MR) is 81.0 cm³/mol. The number of benzene rings is 1. The average molecular weight is 286 g/mol. The Morgan fingerprint density at radius 1 is 1.33 bits per heavy atom. The Morgan fingerprint density at radius 3 is 2.71 bits per heavy atom. The van der Waals surface area contributed by atoms with E-state index in [1.807, 2.05) is 36.9 Å². The first-order chi connectivity index (χ1) is 9.94. The Kier molecular flexibility index (Phi) is 3.27. The largest absolute Gasteiger partial charge is 0.356 e. The Balaban J connectivity index is 1.83. The van der Waals surface area contributed by atoms with E-state index < -0.39 is 0 Å². The molecular formula is C17H22N2O2. The first kappa shape index (κ1) is 14.1. The number of likely N-dealkylation sites (tertiary alicyclic amines) is 1. The van der Waals surface area contributed by atoms with Crippen LogP contribution in [-0.2, 0) is 4.79 Å². The van der Waals surface area contributed by atoms with Gasteiger partial charge in [0.25, 0.3) is 5.91 Å². The minimum Gasteiger partial charge on any atom is -0.356 e. The van der Waals surface area contributed by atoms with Gasteiger partial charge in [-0.1, -0.05) is 13.0 Å². The fourth-order valence-corrected chi connectivity index (χ4v) is 3.59. The summed E-state index contributed by atoms with van der Waals surface area (Å²) in [6, 6.07) is 5.82. The maximum absolute atomic E-state index is 12.7. The van der Waals surface area contributed by atoms with Crippen molar-refractivity contribution in [2.45, 2.75) is 27.2 Å². The van der Waals surface area contributed by atoms with Crippen molar-refractivity contribution < 1.29 is 9.59 Å².